The molecule has 1 heterocycles. The third kappa shape index (κ3) is 1.17. The largest absolute Gasteiger partial charge is 0.265 e. The summed E-state index contributed by atoms with van der Waals surface area (Å²) in [6.07, 6.45) is 2.02. The van der Waals surface area contributed by atoms with Gasteiger partial charge in [-0.05, 0) is 18.4 Å². The fourth-order valence-corrected chi connectivity index (χ4v) is 2.20. The summed E-state index contributed by atoms with van der Waals surface area (Å²) in [7, 11) is 1.86. The van der Waals surface area contributed by atoms with Gasteiger partial charge < -0.3 is 0 Å². The van der Waals surface area contributed by atoms with Crippen molar-refractivity contribution < 1.29 is 0 Å². The monoisotopic (exact) mass is 203 g/mol. The summed E-state index contributed by atoms with van der Waals surface area (Å²) in [6.45, 7) is 0. The second kappa shape index (κ2) is 3.35. The summed E-state index contributed by atoms with van der Waals surface area (Å²) in [4.78, 5) is 1.15. The van der Waals surface area contributed by atoms with Gasteiger partial charge in [0, 0.05) is 17.3 Å². The van der Waals surface area contributed by atoms with Gasteiger partial charge in [-0.25, -0.2) is 0 Å². The highest BCUT2D eigenvalue weighted by molar-refractivity contribution is 7.98. The molecule has 0 atom stereocenters. The zero-order valence-electron chi connectivity index (χ0n) is 7.98. The second-order valence-corrected chi connectivity index (χ2v) is 3.79. The van der Waals surface area contributed by atoms with Crippen molar-refractivity contribution in [1.82, 2.24) is 9.78 Å². The number of nitrogens with zero attached hydrogens (tertiary/aromatic N) is 3. The molecule has 3 nitrogen and oxygen atoms in total. The lowest BCUT2D eigenvalue weighted by Gasteiger charge is -1.99. The Hall–Kier alpha value is -1.47. The van der Waals surface area contributed by atoms with Crippen LogP contribution in [0, 0.1) is 11.3 Å². The molecule has 0 radical (unpaired) electrons. The number of thioether (sulfide) groups is 1. The van der Waals surface area contributed by atoms with E-state index in [1.54, 1.807) is 16.4 Å². The number of fused-ring (bicyclic) bond motifs is 1. The SMILES string of the molecule is CSc1cccc2c(C#N)nn(C)c12. The highest BCUT2D eigenvalue weighted by atomic mass is 32.2. The van der Waals surface area contributed by atoms with Crippen molar-refractivity contribution in [3.8, 4) is 6.07 Å². The van der Waals surface area contributed by atoms with Crippen LogP contribution in [0.5, 0.6) is 0 Å². The van der Waals surface area contributed by atoms with Gasteiger partial charge in [0.15, 0.2) is 5.69 Å². The highest BCUT2D eigenvalue weighted by Gasteiger charge is 2.10. The normalized spacial score (nSPS) is 10.4. The summed E-state index contributed by atoms with van der Waals surface area (Å²) >= 11 is 1.67. The first-order valence-corrected chi connectivity index (χ1v) is 5.40. The van der Waals surface area contributed by atoms with Crippen LogP contribution in [0.1, 0.15) is 5.69 Å². The van der Waals surface area contributed by atoms with Crippen molar-refractivity contribution in [3.63, 3.8) is 0 Å². The van der Waals surface area contributed by atoms with E-state index in [-0.39, 0.29) is 0 Å². The number of benzene rings is 1. The molecular weight excluding hydrogens is 194 g/mol. The minimum absolute atomic E-state index is 0.499. The van der Waals surface area contributed by atoms with Crippen molar-refractivity contribution in [2.45, 2.75) is 4.90 Å². The summed E-state index contributed by atoms with van der Waals surface area (Å²) in [5.41, 5.74) is 1.54. The number of hydrogen-bond acceptors (Lipinski definition) is 3. The Balaban J connectivity index is 2.90. The first-order chi connectivity index (χ1) is 6.77. The molecule has 0 saturated carbocycles. The predicted molar refractivity (Wildman–Crippen MR) is 57.2 cm³/mol. The molecule has 70 valence electrons. The molecule has 0 aliphatic rings. The molecule has 0 aliphatic heterocycles. The average molecular weight is 203 g/mol. The van der Waals surface area contributed by atoms with E-state index < -0.39 is 0 Å². The van der Waals surface area contributed by atoms with Crippen molar-refractivity contribution in [1.29, 1.82) is 5.26 Å². The maximum atomic E-state index is 8.88. The molecule has 2 aromatic rings. The lowest BCUT2D eigenvalue weighted by atomic mass is 10.2. The Labute approximate surface area is 86.3 Å². The van der Waals surface area contributed by atoms with Crippen LogP contribution in [0.4, 0.5) is 0 Å². The first-order valence-electron chi connectivity index (χ1n) is 4.17. The van der Waals surface area contributed by atoms with E-state index in [0.29, 0.717) is 5.69 Å². The van der Waals surface area contributed by atoms with Gasteiger partial charge >= 0.3 is 0 Å². The Bertz CT molecular complexity index is 522. The van der Waals surface area contributed by atoms with E-state index in [4.69, 9.17) is 5.26 Å². The number of para-hydroxylation sites is 1. The fraction of sp³-hybridized carbons (Fsp3) is 0.200. The van der Waals surface area contributed by atoms with Crippen LogP contribution < -0.4 is 0 Å². The van der Waals surface area contributed by atoms with Gasteiger partial charge in [0.25, 0.3) is 0 Å². The van der Waals surface area contributed by atoms with E-state index in [0.717, 1.165) is 15.8 Å². The van der Waals surface area contributed by atoms with Gasteiger partial charge in [0.1, 0.15) is 6.07 Å². The summed E-state index contributed by atoms with van der Waals surface area (Å²) in [5, 5.41) is 14.0. The Morgan fingerprint density at radius 1 is 1.50 bits per heavy atom. The van der Waals surface area contributed by atoms with Crippen LogP contribution in [-0.2, 0) is 7.05 Å². The quantitative estimate of drug-likeness (QED) is 0.667. The van der Waals surface area contributed by atoms with Gasteiger partial charge in [-0.3, -0.25) is 4.68 Å². The number of aryl methyl sites for hydroxylation is 1. The second-order valence-electron chi connectivity index (χ2n) is 2.94. The van der Waals surface area contributed by atoms with Crippen molar-refractivity contribution >= 4 is 22.7 Å². The predicted octanol–water partition coefficient (Wildman–Crippen LogP) is 2.17. The highest BCUT2D eigenvalue weighted by Crippen LogP contribution is 2.27. The van der Waals surface area contributed by atoms with Gasteiger partial charge in [0.2, 0.25) is 0 Å². The zero-order valence-corrected chi connectivity index (χ0v) is 8.80. The number of hydrogen-bond donors (Lipinski definition) is 0. The van der Waals surface area contributed by atoms with Gasteiger partial charge in [-0.2, -0.15) is 10.4 Å². The molecule has 0 bridgehead atoms. The Kier molecular flexibility index (Phi) is 2.18. The Morgan fingerprint density at radius 2 is 2.29 bits per heavy atom. The van der Waals surface area contributed by atoms with Crippen LogP contribution in [0.15, 0.2) is 23.1 Å². The maximum absolute atomic E-state index is 8.88. The minimum Gasteiger partial charge on any atom is -0.265 e. The smallest absolute Gasteiger partial charge is 0.170 e. The van der Waals surface area contributed by atoms with Crippen molar-refractivity contribution in [2.75, 3.05) is 6.26 Å². The van der Waals surface area contributed by atoms with Crippen LogP contribution in [0.3, 0.4) is 0 Å². The molecule has 14 heavy (non-hydrogen) atoms. The van der Waals surface area contributed by atoms with E-state index in [1.807, 2.05) is 31.5 Å². The number of nitriles is 1. The summed E-state index contributed by atoms with van der Waals surface area (Å²) < 4.78 is 1.76. The van der Waals surface area contributed by atoms with Crippen LogP contribution >= 0.6 is 11.8 Å². The van der Waals surface area contributed by atoms with E-state index in [2.05, 4.69) is 11.2 Å². The van der Waals surface area contributed by atoms with Gasteiger partial charge in [-0.15, -0.1) is 11.8 Å². The maximum Gasteiger partial charge on any atom is 0.170 e. The summed E-state index contributed by atoms with van der Waals surface area (Å²) in [5.74, 6) is 0. The topological polar surface area (TPSA) is 41.6 Å². The van der Waals surface area contributed by atoms with Crippen LogP contribution in [0.25, 0.3) is 10.9 Å². The molecule has 0 N–H and O–H groups in total. The molecule has 4 heteroatoms. The number of aromatic nitrogens is 2. The van der Waals surface area contributed by atoms with Crippen molar-refractivity contribution in [2.24, 2.45) is 7.05 Å². The van der Waals surface area contributed by atoms with E-state index in [9.17, 15) is 0 Å². The lowest BCUT2D eigenvalue weighted by molar-refractivity contribution is 0.786. The van der Waals surface area contributed by atoms with Gasteiger partial charge in [-0.1, -0.05) is 6.07 Å². The molecule has 0 unspecified atom stereocenters. The zero-order chi connectivity index (χ0) is 10.1. The molecule has 2 rings (SSSR count). The number of rotatable bonds is 1. The summed E-state index contributed by atoms with van der Waals surface area (Å²) in [6, 6.07) is 8.02. The minimum atomic E-state index is 0.499. The molecule has 0 amide bonds. The molecule has 0 aliphatic carbocycles. The third-order valence-corrected chi connectivity index (χ3v) is 2.92. The lowest BCUT2D eigenvalue weighted by Crippen LogP contribution is -1.90. The van der Waals surface area contributed by atoms with Crippen LogP contribution in [-0.4, -0.2) is 16.0 Å². The van der Waals surface area contributed by atoms with Crippen LogP contribution in [0.2, 0.25) is 0 Å². The Morgan fingerprint density at radius 3 is 2.93 bits per heavy atom. The molecule has 0 saturated heterocycles. The molecule has 1 aromatic carbocycles. The fourth-order valence-electron chi connectivity index (χ4n) is 1.55. The van der Waals surface area contributed by atoms with E-state index >= 15 is 0 Å². The third-order valence-electron chi connectivity index (χ3n) is 2.15. The molecule has 1 aromatic heterocycles. The van der Waals surface area contributed by atoms with Gasteiger partial charge in [0.05, 0.1) is 5.52 Å². The standard InChI is InChI=1S/C10H9N3S/c1-13-10-7(8(6-11)12-13)4-3-5-9(10)14-2/h3-5H,1-2H3. The first kappa shape index (κ1) is 9.10. The average Bonchev–Trinajstić information content (AvgIpc) is 2.55. The molecule has 0 fully saturated rings. The van der Waals surface area contributed by atoms with E-state index in [1.165, 1.54) is 0 Å². The van der Waals surface area contributed by atoms with Crippen molar-refractivity contribution in [3.05, 3.63) is 23.9 Å². The molecular formula is C10H9N3S. The molecule has 0 spiro atoms.